The zero-order valence-electron chi connectivity index (χ0n) is 15.7. The van der Waals surface area contributed by atoms with Crippen LogP contribution >= 0.6 is 0 Å². The van der Waals surface area contributed by atoms with Crippen LogP contribution in [0.4, 0.5) is 0 Å². The Morgan fingerprint density at radius 2 is 1.74 bits per heavy atom. The van der Waals surface area contributed by atoms with Gasteiger partial charge in [-0.25, -0.2) is 9.59 Å². The van der Waals surface area contributed by atoms with E-state index in [1.807, 2.05) is 12.1 Å². The smallest absolute Gasteiger partial charge is 0.336 e. The molecule has 1 heterocycles. The number of carbonyl (C=O) groups excluding carboxylic acids is 1. The molecule has 0 spiro atoms. The van der Waals surface area contributed by atoms with Crippen molar-refractivity contribution in [2.24, 2.45) is 14.1 Å². The molecule has 1 aromatic carbocycles. The first kappa shape index (κ1) is 18.9. The Hall–Kier alpha value is -2.89. The number of nitrogens with zero attached hydrogens (tertiary/aromatic N) is 2. The van der Waals surface area contributed by atoms with Crippen LogP contribution in [0.2, 0.25) is 0 Å². The standard InChI is InChI=1S/C21H24N2O4/c1-22-14-17(20(25)23(2)21(22)26)10-13-19(24)27-18-11-8-16(9-12-18)15-6-4-3-5-7-15/h8-15H,3-7H2,1-2H3/b13-10+. The van der Waals surface area contributed by atoms with E-state index in [1.54, 1.807) is 19.2 Å². The molecule has 1 saturated carbocycles. The van der Waals surface area contributed by atoms with Crippen LogP contribution in [0.25, 0.3) is 6.08 Å². The number of aromatic nitrogens is 2. The van der Waals surface area contributed by atoms with Gasteiger partial charge >= 0.3 is 11.7 Å². The van der Waals surface area contributed by atoms with E-state index < -0.39 is 17.2 Å². The molecule has 27 heavy (non-hydrogen) atoms. The van der Waals surface area contributed by atoms with Crippen LogP contribution in [0, 0.1) is 0 Å². The Morgan fingerprint density at radius 1 is 1.07 bits per heavy atom. The molecule has 0 atom stereocenters. The van der Waals surface area contributed by atoms with Crippen LogP contribution in [0.3, 0.4) is 0 Å². The molecule has 1 fully saturated rings. The van der Waals surface area contributed by atoms with Gasteiger partial charge in [-0.1, -0.05) is 31.4 Å². The molecule has 0 saturated heterocycles. The molecule has 0 bridgehead atoms. The second-order valence-corrected chi connectivity index (χ2v) is 7.00. The molecule has 6 heteroatoms. The molecule has 0 radical (unpaired) electrons. The van der Waals surface area contributed by atoms with E-state index in [9.17, 15) is 14.4 Å². The first-order valence-electron chi connectivity index (χ1n) is 9.22. The number of rotatable bonds is 4. The van der Waals surface area contributed by atoms with Gasteiger partial charge in [0.05, 0.1) is 5.56 Å². The third kappa shape index (κ3) is 4.45. The zero-order chi connectivity index (χ0) is 19.4. The summed E-state index contributed by atoms with van der Waals surface area (Å²) in [6.45, 7) is 0. The molecule has 6 nitrogen and oxygen atoms in total. The molecular weight excluding hydrogens is 344 g/mol. The van der Waals surface area contributed by atoms with Crippen molar-refractivity contribution in [3.63, 3.8) is 0 Å². The first-order valence-corrected chi connectivity index (χ1v) is 9.22. The Labute approximate surface area is 157 Å². The molecule has 3 rings (SSSR count). The average molecular weight is 368 g/mol. The summed E-state index contributed by atoms with van der Waals surface area (Å²) in [6.07, 6.45) is 10.3. The highest BCUT2D eigenvalue weighted by atomic mass is 16.5. The summed E-state index contributed by atoms with van der Waals surface area (Å²) in [7, 11) is 2.94. The van der Waals surface area contributed by atoms with Crippen LogP contribution in [0.5, 0.6) is 5.75 Å². The quantitative estimate of drug-likeness (QED) is 0.473. The highest BCUT2D eigenvalue weighted by molar-refractivity contribution is 5.88. The summed E-state index contributed by atoms with van der Waals surface area (Å²) in [6, 6.07) is 7.65. The lowest BCUT2D eigenvalue weighted by molar-refractivity contribution is -0.128. The zero-order valence-corrected chi connectivity index (χ0v) is 15.7. The van der Waals surface area contributed by atoms with Gasteiger partial charge in [0.2, 0.25) is 0 Å². The Bertz CT molecular complexity index is 961. The molecule has 0 aliphatic heterocycles. The van der Waals surface area contributed by atoms with Gasteiger partial charge in [0.15, 0.2) is 0 Å². The number of aryl methyl sites for hydroxylation is 1. The van der Waals surface area contributed by atoms with Crippen molar-refractivity contribution in [2.75, 3.05) is 0 Å². The second-order valence-electron chi connectivity index (χ2n) is 7.00. The number of esters is 1. The van der Waals surface area contributed by atoms with Gasteiger partial charge in [-0.15, -0.1) is 0 Å². The summed E-state index contributed by atoms with van der Waals surface area (Å²) < 4.78 is 7.58. The SMILES string of the molecule is Cn1cc(/C=C/C(=O)Oc2ccc(C3CCCCC3)cc2)c(=O)n(C)c1=O. The van der Waals surface area contributed by atoms with E-state index >= 15 is 0 Å². The second kappa shape index (κ2) is 8.20. The summed E-state index contributed by atoms with van der Waals surface area (Å²) in [5.74, 6) is 0.498. The van der Waals surface area contributed by atoms with Gasteiger partial charge in [0.25, 0.3) is 5.56 Å². The van der Waals surface area contributed by atoms with Gasteiger partial charge in [0.1, 0.15) is 5.75 Å². The molecule has 1 aliphatic rings. The van der Waals surface area contributed by atoms with Crippen molar-refractivity contribution < 1.29 is 9.53 Å². The summed E-state index contributed by atoms with van der Waals surface area (Å²) >= 11 is 0. The van der Waals surface area contributed by atoms with E-state index in [4.69, 9.17) is 4.74 Å². The number of carbonyl (C=O) groups is 1. The van der Waals surface area contributed by atoms with Crippen molar-refractivity contribution >= 4 is 12.0 Å². The van der Waals surface area contributed by atoms with Gasteiger partial charge < -0.3 is 9.30 Å². The van der Waals surface area contributed by atoms with Crippen LogP contribution in [0.1, 0.15) is 49.1 Å². The number of hydrogen-bond donors (Lipinski definition) is 0. The highest BCUT2D eigenvalue weighted by Crippen LogP contribution is 2.33. The maximum atomic E-state index is 12.0. The molecule has 1 aliphatic carbocycles. The van der Waals surface area contributed by atoms with Crippen molar-refractivity contribution in [2.45, 2.75) is 38.0 Å². The minimum atomic E-state index is -0.573. The van der Waals surface area contributed by atoms with Gasteiger partial charge in [-0.3, -0.25) is 9.36 Å². The fourth-order valence-electron chi connectivity index (χ4n) is 3.50. The van der Waals surface area contributed by atoms with E-state index in [1.165, 1.54) is 67.6 Å². The highest BCUT2D eigenvalue weighted by Gasteiger charge is 2.15. The predicted molar refractivity (Wildman–Crippen MR) is 104 cm³/mol. The summed E-state index contributed by atoms with van der Waals surface area (Å²) in [5, 5.41) is 0. The molecular formula is C21H24N2O4. The normalized spacial score (nSPS) is 15.2. The Balaban J connectivity index is 1.66. The van der Waals surface area contributed by atoms with Crippen LogP contribution in [-0.4, -0.2) is 15.1 Å². The van der Waals surface area contributed by atoms with Crippen LogP contribution in [0.15, 0.2) is 46.1 Å². The lowest BCUT2D eigenvalue weighted by Crippen LogP contribution is -2.37. The molecule has 0 amide bonds. The lowest BCUT2D eigenvalue weighted by Gasteiger charge is -2.21. The maximum Gasteiger partial charge on any atom is 0.336 e. The molecule has 2 aromatic rings. The minimum Gasteiger partial charge on any atom is -0.423 e. The number of ether oxygens (including phenoxy) is 1. The summed E-state index contributed by atoms with van der Waals surface area (Å²) in [5.41, 5.74) is 0.653. The van der Waals surface area contributed by atoms with E-state index in [2.05, 4.69) is 0 Å². The topological polar surface area (TPSA) is 70.3 Å². The largest absolute Gasteiger partial charge is 0.423 e. The molecule has 0 N–H and O–H groups in total. The number of benzene rings is 1. The Kier molecular flexibility index (Phi) is 5.74. The monoisotopic (exact) mass is 368 g/mol. The number of hydrogen-bond acceptors (Lipinski definition) is 4. The van der Waals surface area contributed by atoms with E-state index in [0.717, 1.165) is 4.57 Å². The van der Waals surface area contributed by atoms with Crippen LogP contribution < -0.4 is 16.0 Å². The molecule has 0 unspecified atom stereocenters. The van der Waals surface area contributed by atoms with E-state index in [-0.39, 0.29) is 5.56 Å². The van der Waals surface area contributed by atoms with Crippen LogP contribution in [-0.2, 0) is 18.9 Å². The maximum absolute atomic E-state index is 12.0. The van der Waals surface area contributed by atoms with Crippen molar-refractivity contribution in [1.82, 2.24) is 9.13 Å². The fraction of sp³-hybridized carbons (Fsp3) is 0.381. The fourth-order valence-corrected chi connectivity index (χ4v) is 3.50. The molecule has 1 aromatic heterocycles. The van der Waals surface area contributed by atoms with Crippen molar-refractivity contribution in [3.8, 4) is 5.75 Å². The lowest BCUT2D eigenvalue weighted by atomic mass is 9.84. The van der Waals surface area contributed by atoms with Gasteiger partial charge in [-0.05, 0) is 42.5 Å². The predicted octanol–water partition coefficient (Wildman–Crippen LogP) is 2.75. The average Bonchev–Trinajstić information content (AvgIpc) is 2.69. The minimum absolute atomic E-state index is 0.240. The third-order valence-electron chi connectivity index (χ3n) is 5.05. The van der Waals surface area contributed by atoms with Crippen molar-refractivity contribution in [1.29, 1.82) is 0 Å². The molecule has 142 valence electrons. The first-order chi connectivity index (χ1) is 13.0. The van der Waals surface area contributed by atoms with Crippen molar-refractivity contribution in [3.05, 3.63) is 68.5 Å². The van der Waals surface area contributed by atoms with Gasteiger partial charge in [0, 0.05) is 26.4 Å². The van der Waals surface area contributed by atoms with E-state index in [0.29, 0.717) is 11.7 Å². The Morgan fingerprint density at radius 3 is 2.41 bits per heavy atom. The third-order valence-corrected chi connectivity index (χ3v) is 5.05. The van der Waals surface area contributed by atoms with Gasteiger partial charge in [-0.2, -0.15) is 0 Å². The summed E-state index contributed by atoms with van der Waals surface area (Å²) in [4.78, 5) is 35.8.